The summed E-state index contributed by atoms with van der Waals surface area (Å²) in [4.78, 5) is 7.24. The number of hydrogen-bond acceptors (Lipinski definition) is 3. The number of aromatic nitrogens is 1. The van der Waals surface area contributed by atoms with E-state index in [9.17, 15) is 0 Å². The fraction of sp³-hybridized carbons (Fsp3) is 0.438. The highest BCUT2D eigenvalue weighted by Crippen LogP contribution is 2.26. The molecule has 2 atom stereocenters. The molecule has 100 valence electrons. The van der Waals surface area contributed by atoms with E-state index in [0.29, 0.717) is 6.04 Å². The molecule has 0 aliphatic carbocycles. The molecule has 1 saturated heterocycles. The molecule has 19 heavy (non-hydrogen) atoms. The normalized spacial score (nSPS) is 24.1. The van der Waals surface area contributed by atoms with Crippen LogP contribution < -0.4 is 5.73 Å². The van der Waals surface area contributed by atoms with Crippen LogP contribution in [0.15, 0.2) is 30.3 Å². The van der Waals surface area contributed by atoms with E-state index in [-0.39, 0.29) is 0 Å². The summed E-state index contributed by atoms with van der Waals surface area (Å²) in [6.07, 6.45) is 1.28. The Morgan fingerprint density at radius 2 is 2.11 bits per heavy atom. The second kappa shape index (κ2) is 4.82. The van der Waals surface area contributed by atoms with Crippen LogP contribution in [-0.2, 0) is 6.54 Å². The van der Waals surface area contributed by atoms with Crippen molar-refractivity contribution >= 4 is 16.6 Å². The van der Waals surface area contributed by atoms with Gasteiger partial charge in [0.05, 0.1) is 11.2 Å². The van der Waals surface area contributed by atoms with Gasteiger partial charge in [0.15, 0.2) is 0 Å². The predicted octanol–water partition coefficient (Wildman–Crippen LogP) is 3.05. The minimum atomic E-state index is 0.643. The Labute approximate surface area is 114 Å². The first-order valence-corrected chi connectivity index (χ1v) is 7.01. The number of pyridine rings is 1. The maximum absolute atomic E-state index is 6.13. The zero-order valence-electron chi connectivity index (χ0n) is 11.6. The van der Waals surface area contributed by atoms with E-state index in [4.69, 9.17) is 10.7 Å². The third-order valence-electron chi connectivity index (χ3n) is 4.08. The highest BCUT2D eigenvalue weighted by Gasteiger charge is 2.26. The lowest BCUT2D eigenvalue weighted by atomic mass is 10.1. The first kappa shape index (κ1) is 12.4. The monoisotopic (exact) mass is 255 g/mol. The molecule has 2 aromatic rings. The zero-order chi connectivity index (χ0) is 13.4. The molecule has 3 rings (SSSR count). The van der Waals surface area contributed by atoms with Gasteiger partial charge >= 0.3 is 0 Å². The summed E-state index contributed by atoms with van der Waals surface area (Å²) in [5, 5.41) is 1.05. The Morgan fingerprint density at radius 3 is 2.84 bits per heavy atom. The van der Waals surface area contributed by atoms with E-state index in [0.717, 1.165) is 41.3 Å². The number of likely N-dealkylation sites (tertiary alicyclic amines) is 1. The highest BCUT2D eigenvalue weighted by atomic mass is 15.2. The minimum absolute atomic E-state index is 0.643. The van der Waals surface area contributed by atoms with E-state index in [1.54, 1.807) is 0 Å². The van der Waals surface area contributed by atoms with Crippen LogP contribution in [0.1, 0.15) is 26.0 Å². The summed E-state index contributed by atoms with van der Waals surface area (Å²) >= 11 is 0. The summed E-state index contributed by atoms with van der Waals surface area (Å²) < 4.78 is 0. The predicted molar refractivity (Wildman–Crippen MR) is 79.8 cm³/mol. The van der Waals surface area contributed by atoms with Gasteiger partial charge in [-0.1, -0.05) is 25.1 Å². The largest absolute Gasteiger partial charge is 0.398 e. The maximum Gasteiger partial charge on any atom is 0.0726 e. The van der Waals surface area contributed by atoms with Crippen LogP contribution >= 0.6 is 0 Å². The Bertz CT molecular complexity index is 594. The van der Waals surface area contributed by atoms with Crippen molar-refractivity contribution in [3.05, 3.63) is 36.0 Å². The van der Waals surface area contributed by atoms with Crippen molar-refractivity contribution in [2.45, 2.75) is 32.9 Å². The van der Waals surface area contributed by atoms with Crippen LogP contribution in [0.25, 0.3) is 10.9 Å². The summed E-state index contributed by atoms with van der Waals surface area (Å²) in [5.74, 6) is 0.785. The molecule has 1 aromatic heterocycles. The van der Waals surface area contributed by atoms with E-state index in [2.05, 4.69) is 18.7 Å². The van der Waals surface area contributed by atoms with Gasteiger partial charge < -0.3 is 5.73 Å². The van der Waals surface area contributed by atoms with Crippen LogP contribution in [0.4, 0.5) is 5.69 Å². The average molecular weight is 255 g/mol. The molecule has 3 nitrogen and oxygen atoms in total. The van der Waals surface area contributed by atoms with E-state index in [1.807, 2.05) is 30.3 Å². The molecule has 1 aromatic carbocycles. The molecule has 0 radical (unpaired) electrons. The second-order valence-electron chi connectivity index (χ2n) is 5.84. The minimum Gasteiger partial charge on any atom is -0.398 e. The van der Waals surface area contributed by atoms with Gasteiger partial charge in [-0.2, -0.15) is 0 Å². The molecule has 2 unspecified atom stereocenters. The van der Waals surface area contributed by atoms with E-state index in [1.165, 1.54) is 6.42 Å². The summed E-state index contributed by atoms with van der Waals surface area (Å²) in [6, 6.07) is 10.7. The number of benzene rings is 1. The third kappa shape index (κ3) is 2.43. The van der Waals surface area contributed by atoms with E-state index < -0.39 is 0 Å². The van der Waals surface area contributed by atoms with Crippen molar-refractivity contribution in [2.75, 3.05) is 12.3 Å². The fourth-order valence-electron chi connectivity index (χ4n) is 3.16. The summed E-state index contributed by atoms with van der Waals surface area (Å²) in [6.45, 7) is 6.68. The number of hydrogen-bond donors (Lipinski definition) is 1. The quantitative estimate of drug-likeness (QED) is 0.896. The molecule has 1 aliphatic rings. The van der Waals surface area contributed by atoms with Crippen LogP contribution in [-0.4, -0.2) is 22.5 Å². The van der Waals surface area contributed by atoms with Gasteiger partial charge in [0, 0.05) is 30.2 Å². The lowest BCUT2D eigenvalue weighted by Crippen LogP contribution is -2.27. The molecule has 3 heteroatoms. The van der Waals surface area contributed by atoms with Crippen molar-refractivity contribution in [1.29, 1.82) is 0 Å². The highest BCUT2D eigenvalue weighted by molar-refractivity contribution is 5.90. The van der Waals surface area contributed by atoms with Gasteiger partial charge in [-0.05, 0) is 31.4 Å². The Balaban J connectivity index is 1.89. The van der Waals surface area contributed by atoms with Crippen molar-refractivity contribution in [3.8, 4) is 0 Å². The van der Waals surface area contributed by atoms with Crippen molar-refractivity contribution < 1.29 is 0 Å². The number of nitrogens with zero attached hydrogens (tertiary/aromatic N) is 2. The number of nitrogens with two attached hydrogens (primary N) is 1. The number of anilines is 1. The molecular formula is C16H21N3. The fourth-order valence-corrected chi connectivity index (χ4v) is 3.16. The first-order valence-electron chi connectivity index (χ1n) is 7.01. The zero-order valence-corrected chi connectivity index (χ0v) is 11.6. The van der Waals surface area contributed by atoms with Crippen LogP contribution in [0.3, 0.4) is 0 Å². The summed E-state index contributed by atoms with van der Waals surface area (Å²) in [7, 11) is 0. The molecule has 0 saturated carbocycles. The van der Waals surface area contributed by atoms with Crippen molar-refractivity contribution in [2.24, 2.45) is 5.92 Å². The number of para-hydroxylation sites is 1. The van der Waals surface area contributed by atoms with E-state index >= 15 is 0 Å². The van der Waals surface area contributed by atoms with Gasteiger partial charge in [0.25, 0.3) is 0 Å². The van der Waals surface area contributed by atoms with Crippen molar-refractivity contribution in [3.63, 3.8) is 0 Å². The second-order valence-corrected chi connectivity index (χ2v) is 5.84. The Hall–Kier alpha value is -1.61. The molecular weight excluding hydrogens is 234 g/mol. The van der Waals surface area contributed by atoms with Crippen LogP contribution in [0.2, 0.25) is 0 Å². The molecule has 1 fully saturated rings. The standard InChI is InChI=1S/C16H21N3/c1-11-7-12(2)19(9-11)10-13-8-15(17)14-5-3-4-6-16(14)18-13/h3-6,8,11-12H,7,9-10H2,1-2H3,(H2,17,18). The topological polar surface area (TPSA) is 42.1 Å². The molecule has 0 amide bonds. The molecule has 2 N–H and O–H groups in total. The molecule has 0 spiro atoms. The Morgan fingerprint density at radius 1 is 1.32 bits per heavy atom. The lowest BCUT2D eigenvalue weighted by molar-refractivity contribution is 0.254. The summed E-state index contributed by atoms with van der Waals surface area (Å²) in [5.41, 5.74) is 9.05. The van der Waals surface area contributed by atoms with Crippen LogP contribution in [0.5, 0.6) is 0 Å². The third-order valence-corrected chi connectivity index (χ3v) is 4.08. The smallest absolute Gasteiger partial charge is 0.0726 e. The molecule has 0 bridgehead atoms. The lowest BCUT2D eigenvalue weighted by Gasteiger charge is -2.20. The van der Waals surface area contributed by atoms with Gasteiger partial charge in [-0.15, -0.1) is 0 Å². The number of nitrogen functional groups attached to an aromatic ring is 1. The van der Waals surface area contributed by atoms with Crippen molar-refractivity contribution in [1.82, 2.24) is 9.88 Å². The first-order chi connectivity index (χ1) is 9.13. The van der Waals surface area contributed by atoms with Crippen LogP contribution in [0, 0.1) is 5.92 Å². The maximum atomic E-state index is 6.13. The van der Waals surface area contributed by atoms with Gasteiger partial charge in [-0.25, -0.2) is 0 Å². The molecule has 2 heterocycles. The average Bonchev–Trinajstić information content (AvgIpc) is 2.68. The SMILES string of the molecule is CC1CC(C)N(Cc2cc(N)c3ccccc3n2)C1. The number of fused-ring (bicyclic) bond motifs is 1. The molecule has 1 aliphatic heterocycles. The van der Waals surface area contributed by atoms with Gasteiger partial charge in [0.1, 0.15) is 0 Å². The van der Waals surface area contributed by atoms with Gasteiger partial charge in [0.2, 0.25) is 0 Å². The Kier molecular flexibility index (Phi) is 3.15. The number of rotatable bonds is 2. The van der Waals surface area contributed by atoms with Gasteiger partial charge in [-0.3, -0.25) is 9.88 Å².